The van der Waals surface area contributed by atoms with Crippen LogP contribution in [0.1, 0.15) is 44.6 Å². The van der Waals surface area contributed by atoms with Gasteiger partial charge in [-0.3, -0.25) is 4.98 Å². The molecule has 1 aromatic rings. The van der Waals surface area contributed by atoms with Crippen LogP contribution < -0.4 is 0 Å². The lowest BCUT2D eigenvalue weighted by molar-refractivity contribution is 0.118. The molecule has 0 saturated heterocycles. The number of aryl methyl sites for hydroxylation is 1. The molecule has 1 atom stereocenters. The van der Waals surface area contributed by atoms with Crippen molar-refractivity contribution in [1.82, 2.24) is 4.98 Å². The van der Waals surface area contributed by atoms with Gasteiger partial charge in [0.1, 0.15) is 0 Å². The molecule has 0 fully saturated rings. The molecule has 0 spiro atoms. The molecule has 0 aliphatic rings. The topological polar surface area (TPSA) is 33.1 Å². The third-order valence-electron chi connectivity index (χ3n) is 2.23. The highest BCUT2D eigenvalue weighted by Crippen LogP contribution is 2.32. The molecular formula is C14H24ClNOS. The molecule has 2 nitrogen and oxygen atoms in total. The van der Waals surface area contributed by atoms with E-state index in [0.29, 0.717) is 17.1 Å². The van der Waals surface area contributed by atoms with E-state index < -0.39 is 6.10 Å². The van der Waals surface area contributed by atoms with Crippen LogP contribution in [-0.4, -0.2) is 22.6 Å². The molecule has 1 unspecified atom stereocenters. The van der Waals surface area contributed by atoms with Gasteiger partial charge in [-0.15, -0.1) is 0 Å². The molecule has 1 N–H and O–H groups in total. The maximum absolute atomic E-state index is 10.0. The first kappa shape index (κ1) is 17.8. The van der Waals surface area contributed by atoms with Crippen molar-refractivity contribution in [1.29, 1.82) is 0 Å². The number of aliphatic hydroxyl groups excluding tert-OH is 1. The number of halogens is 1. The smallest absolute Gasteiger partial charge is 0.0980 e. The Kier molecular flexibility index (Phi) is 7.92. The predicted octanol–water partition coefficient (Wildman–Crippen LogP) is 4.49. The van der Waals surface area contributed by atoms with Crippen LogP contribution in [0.15, 0.2) is 12.3 Å². The fourth-order valence-corrected chi connectivity index (χ4v) is 1.71. The molecule has 1 aromatic heterocycles. The van der Waals surface area contributed by atoms with E-state index >= 15 is 0 Å². The van der Waals surface area contributed by atoms with Crippen LogP contribution in [0.3, 0.4) is 0 Å². The first-order valence-corrected chi connectivity index (χ1v) is 7.93. The molecule has 0 bridgehead atoms. The van der Waals surface area contributed by atoms with Crippen LogP contribution in [0, 0.1) is 12.3 Å². The zero-order chi connectivity index (χ0) is 14.3. The molecular weight excluding hydrogens is 266 g/mol. The van der Waals surface area contributed by atoms with Crippen molar-refractivity contribution in [3.8, 4) is 0 Å². The molecule has 0 radical (unpaired) electrons. The van der Waals surface area contributed by atoms with Gasteiger partial charge in [0.05, 0.1) is 16.8 Å². The Balaban J connectivity index is 0.000000873. The molecule has 18 heavy (non-hydrogen) atoms. The van der Waals surface area contributed by atoms with E-state index in [9.17, 15) is 5.11 Å². The van der Waals surface area contributed by atoms with Crippen LogP contribution in [-0.2, 0) is 0 Å². The standard InChI is InChI=1S/C12H18ClNO.C2H6S/c1-8-5-6-14-11(10(8)13)9(15)7-12(2,3)4;1-3-2/h5-6,9,15H,7H2,1-4H3;1-2H3. The van der Waals surface area contributed by atoms with E-state index in [-0.39, 0.29) is 5.41 Å². The number of nitrogens with zero attached hydrogens (tertiary/aromatic N) is 1. The molecule has 0 aromatic carbocycles. The first-order valence-electron chi connectivity index (χ1n) is 5.92. The Bertz CT molecular complexity index is 363. The SMILES string of the molecule is CSC.Cc1ccnc(C(O)CC(C)(C)C)c1Cl. The van der Waals surface area contributed by atoms with Crippen molar-refractivity contribution < 1.29 is 5.11 Å². The van der Waals surface area contributed by atoms with Gasteiger partial charge in [-0.05, 0) is 42.9 Å². The number of pyridine rings is 1. The summed E-state index contributed by atoms with van der Waals surface area (Å²) in [7, 11) is 0. The van der Waals surface area contributed by atoms with Crippen LogP contribution in [0.4, 0.5) is 0 Å². The number of aromatic nitrogens is 1. The summed E-state index contributed by atoms with van der Waals surface area (Å²) in [5, 5.41) is 10.6. The second-order valence-electron chi connectivity index (χ2n) is 5.52. The third kappa shape index (κ3) is 6.62. The average molecular weight is 290 g/mol. The summed E-state index contributed by atoms with van der Waals surface area (Å²) in [5.74, 6) is 0. The molecule has 1 rings (SSSR count). The van der Waals surface area contributed by atoms with E-state index in [2.05, 4.69) is 25.8 Å². The van der Waals surface area contributed by atoms with Gasteiger partial charge in [0.25, 0.3) is 0 Å². The summed E-state index contributed by atoms with van der Waals surface area (Å²) in [4.78, 5) is 4.14. The van der Waals surface area contributed by atoms with Gasteiger partial charge in [-0.2, -0.15) is 11.8 Å². The largest absolute Gasteiger partial charge is 0.387 e. The first-order chi connectivity index (χ1) is 8.22. The number of thioether (sulfide) groups is 1. The maximum atomic E-state index is 10.0. The number of hydrogen-bond acceptors (Lipinski definition) is 3. The summed E-state index contributed by atoms with van der Waals surface area (Å²) in [5.41, 5.74) is 1.61. The summed E-state index contributed by atoms with van der Waals surface area (Å²) in [6.07, 6.45) is 5.84. The minimum Gasteiger partial charge on any atom is -0.387 e. The second-order valence-corrected chi connectivity index (χ2v) is 6.71. The van der Waals surface area contributed by atoms with Crippen molar-refractivity contribution in [2.24, 2.45) is 5.41 Å². The van der Waals surface area contributed by atoms with E-state index in [1.807, 2.05) is 25.5 Å². The molecule has 104 valence electrons. The molecule has 1 heterocycles. The predicted molar refractivity (Wildman–Crippen MR) is 82.5 cm³/mol. The lowest BCUT2D eigenvalue weighted by Crippen LogP contribution is -2.13. The monoisotopic (exact) mass is 289 g/mol. The van der Waals surface area contributed by atoms with Crippen molar-refractivity contribution in [3.63, 3.8) is 0 Å². The van der Waals surface area contributed by atoms with Gasteiger partial charge in [0.2, 0.25) is 0 Å². The zero-order valence-electron chi connectivity index (χ0n) is 12.1. The van der Waals surface area contributed by atoms with Gasteiger partial charge in [-0.1, -0.05) is 32.4 Å². The van der Waals surface area contributed by atoms with Gasteiger partial charge >= 0.3 is 0 Å². The fourth-order valence-electron chi connectivity index (χ4n) is 1.47. The Hall–Kier alpha value is -0.250. The Labute approximate surface area is 120 Å². The van der Waals surface area contributed by atoms with Crippen LogP contribution in [0.25, 0.3) is 0 Å². The minimum absolute atomic E-state index is 0.0637. The third-order valence-corrected chi connectivity index (χ3v) is 2.72. The highest BCUT2D eigenvalue weighted by Gasteiger charge is 2.21. The molecule has 0 aliphatic carbocycles. The van der Waals surface area contributed by atoms with E-state index in [4.69, 9.17) is 11.6 Å². The van der Waals surface area contributed by atoms with Gasteiger partial charge in [0.15, 0.2) is 0 Å². The lowest BCUT2D eigenvalue weighted by Gasteiger charge is -2.22. The second kappa shape index (κ2) is 8.03. The number of aliphatic hydroxyl groups is 1. The quantitative estimate of drug-likeness (QED) is 0.871. The summed E-state index contributed by atoms with van der Waals surface area (Å²) in [6, 6.07) is 1.84. The average Bonchev–Trinajstić information content (AvgIpc) is 2.20. The van der Waals surface area contributed by atoms with Crippen molar-refractivity contribution in [2.45, 2.75) is 40.2 Å². The van der Waals surface area contributed by atoms with E-state index in [1.165, 1.54) is 0 Å². The van der Waals surface area contributed by atoms with Gasteiger partial charge in [0, 0.05) is 6.20 Å². The fraction of sp³-hybridized carbons (Fsp3) is 0.643. The van der Waals surface area contributed by atoms with E-state index in [1.54, 1.807) is 18.0 Å². The Morgan fingerprint density at radius 2 is 1.89 bits per heavy atom. The Morgan fingerprint density at radius 1 is 1.39 bits per heavy atom. The zero-order valence-corrected chi connectivity index (χ0v) is 13.7. The van der Waals surface area contributed by atoms with Crippen LogP contribution in [0.2, 0.25) is 5.02 Å². The highest BCUT2D eigenvalue weighted by molar-refractivity contribution is 7.97. The summed E-state index contributed by atoms with van der Waals surface area (Å²) in [6.45, 7) is 8.16. The van der Waals surface area contributed by atoms with Gasteiger partial charge < -0.3 is 5.11 Å². The van der Waals surface area contributed by atoms with Gasteiger partial charge in [-0.25, -0.2) is 0 Å². The van der Waals surface area contributed by atoms with Crippen LogP contribution in [0.5, 0.6) is 0 Å². The highest BCUT2D eigenvalue weighted by atomic mass is 35.5. The molecule has 0 amide bonds. The van der Waals surface area contributed by atoms with E-state index in [0.717, 1.165) is 5.56 Å². The minimum atomic E-state index is -0.586. The summed E-state index contributed by atoms with van der Waals surface area (Å²) >= 11 is 7.84. The summed E-state index contributed by atoms with van der Waals surface area (Å²) < 4.78 is 0. The lowest BCUT2D eigenvalue weighted by atomic mass is 9.88. The number of hydrogen-bond donors (Lipinski definition) is 1. The van der Waals surface area contributed by atoms with Crippen molar-refractivity contribution >= 4 is 23.4 Å². The normalized spacial score (nSPS) is 12.7. The molecule has 4 heteroatoms. The van der Waals surface area contributed by atoms with Crippen molar-refractivity contribution in [2.75, 3.05) is 12.5 Å². The number of rotatable bonds is 2. The van der Waals surface area contributed by atoms with Crippen molar-refractivity contribution in [3.05, 3.63) is 28.5 Å². The van der Waals surface area contributed by atoms with Crippen LogP contribution >= 0.6 is 23.4 Å². The molecule has 0 aliphatic heterocycles. The Morgan fingerprint density at radius 3 is 2.33 bits per heavy atom. The molecule has 0 saturated carbocycles. The maximum Gasteiger partial charge on any atom is 0.0980 e.